The maximum atomic E-state index is 11.6. The van der Waals surface area contributed by atoms with Gasteiger partial charge in [0.05, 0.1) is 18.1 Å². The van der Waals surface area contributed by atoms with Crippen LogP contribution in [0.5, 0.6) is 0 Å². The first kappa shape index (κ1) is 9.93. The molecule has 2 rings (SSSR count). The second kappa shape index (κ2) is 3.21. The summed E-state index contributed by atoms with van der Waals surface area (Å²) in [5, 5.41) is 13.6. The van der Waals surface area contributed by atoms with Crippen LogP contribution in [0.1, 0.15) is 25.7 Å². The predicted octanol–water partition coefficient (Wildman–Crippen LogP) is 0.0541. The lowest BCUT2D eigenvalue weighted by molar-refractivity contribution is -0.162. The molecule has 1 heterocycles. The van der Waals surface area contributed by atoms with Gasteiger partial charge in [0.15, 0.2) is 0 Å². The van der Waals surface area contributed by atoms with Crippen molar-refractivity contribution in [1.82, 2.24) is 5.32 Å². The average Bonchev–Trinajstić information content (AvgIpc) is 2.99. The summed E-state index contributed by atoms with van der Waals surface area (Å²) in [5.41, 5.74) is -1.41. The Kier molecular flexibility index (Phi) is 2.27. The van der Waals surface area contributed by atoms with E-state index in [0.29, 0.717) is 12.8 Å². The second-order valence-electron chi connectivity index (χ2n) is 4.36. The van der Waals surface area contributed by atoms with E-state index in [1.165, 1.54) is 7.11 Å². The van der Waals surface area contributed by atoms with E-state index in [9.17, 15) is 9.90 Å². The predicted molar refractivity (Wildman–Crippen MR) is 50.7 cm³/mol. The SMILES string of the molecule is COC(=O)C1(C2(O)CCNCC2)CC1. The van der Waals surface area contributed by atoms with Crippen LogP contribution in [0.25, 0.3) is 0 Å². The van der Waals surface area contributed by atoms with E-state index in [-0.39, 0.29) is 5.97 Å². The van der Waals surface area contributed by atoms with Crippen LogP contribution in [0.3, 0.4) is 0 Å². The van der Waals surface area contributed by atoms with Crippen molar-refractivity contribution in [2.45, 2.75) is 31.3 Å². The van der Waals surface area contributed by atoms with Crippen LogP contribution in [-0.2, 0) is 9.53 Å². The van der Waals surface area contributed by atoms with Crippen LogP contribution in [-0.4, -0.2) is 36.9 Å². The molecule has 0 radical (unpaired) electrons. The number of piperidine rings is 1. The third kappa shape index (κ3) is 1.25. The molecule has 14 heavy (non-hydrogen) atoms. The van der Waals surface area contributed by atoms with Gasteiger partial charge in [-0.2, -0.15) is 0 Å². The van der Waals surface area contributed by atoms with E-state index in [0.717, 1.165) is 25.9 Å². The van der Waals surface area contributed by atoms with E-state index in [1.807, 2.05) is 0 Å². The molecule has 4 heteroatoms. The number of methoxy groups -OCH3 is 1. The maximum absolute atomic E-state index is 11.6. The summed E-state index contributed by atoms with van der Waals surface area (Å²) < 4.78 is 4.78. The Labute approximate surface area is 83.6 Å². The zero-order valence-electron chi connectivity index (χ0n) is 8.51. The Morgan fingerprint density at radius 2 is 1.86 bits per heavy atom. The van der Waals surface area contributed by atoms with Crippen LogP contribution in [0.15, 0.2) is 0 Å². The zero-order chi connectivity index (χ0) is 10.2. The minimum atomic E-state index is -0.828. The molecule has 0 aromatic carbocycles. The molecule has 0 unspecified atom stereocenters. The fourth-order valence-electron chi connectivity index (χ4n) is 2.50. The number of rotatable bonds is 2. The standard InChI is InChI=1S/C10H17NO3/c1-14-8(12)9(2-3-9)10(13)4-6-11-7-5-10/h11,13H,2-7H2,1H3. The molecule has 0 amide bonds. The molecule has 4 nitrogen and oxygen atoms in total. The second-order valence-corrected chi connectivity index (χ2v) is 4.36. The Morgan fingerprint density at radius 1 is 1.29 bits per heavy atom. The maximum Gasteiger partial charge on any atom is 0.314 e. The van der Waals surface area contributed by atoms with Crippen LogP contribution in [0, 0.1) is 5.41 Å². The number of nitrogens with one attached hydrogen (secondary N) is 1. The Morgan fingerprint density at radius 3 is 2.29 bits per heavy atom. The molecular formula is C10H17NO3. The number of hydrogen-bond acceptors (Lipinski definition) is 4. The first-order chi connectivity index (χ1) is 6.65. The highest BCUT2D eigenvalue weighted by Gasteiger charge is 2.64. The van der Waals surface area contributed by atoms with Crippen molar-refractivity contribution in [1.29, 1.82) is 0 Å². The summed E-state index contributed by atoms with van der Waals surface area (Å²) in [5.74, 6) is -0.234. The average molecular weight is 199 g/mol. The normalized spacial score (nSPS) is 28.1. The summed E-state index contributed by atoms with van der Waals surface area (Å²) in [4.78, 5) is 11.6. The third-order valence-corrected chi connectivity index (χ3v) is 3.65. The fourth-order valence-corrected chi connectivity index (χ4v) is 2.50. The molecule has 0 atom stereocenters. The lowest BCUT2D eigenvalue weighted by Crippen LogP contribution is -2.51. The first-order valence-corrected chi connectivity index (χ1v) is 5.16. The number of hydrogen-bond donors (Lipinski definition) is 2. The van der Waals surface area contributed by atoms with Gasteiger partial charge in [0.1, 0.15) is 0 Å². The van der Waals surface area contributed by atoms with Gasteiger partial charge in [0.25, 0.3) is 0 Å². The highest BCUT2D eigenvalue weighted by molar-refractivity contribution is 5.81. The van der Waals surface area contributed by atoms with Crippen molar-refractivity contribution in [2.24, 2.45) is 5.41 Å². The van der Waals surface area contributed by atoms with Gasteiger partial charge in [-0.25, -0.2) is 0 Å². The van der Waals surface area contributed by atoms with Gasteiger partial charge < -0.3 is 15.2 Å². The summed E-state index contributed by atoms with van der Waals surface area (Å²) in [6, 6.07) is 0. The molecular weight excluding hydrogens is 182 g/mol. The number of carbonyl (C=O) groups is 1. The molecule has 1 aliphatic carbocycles. The van der Waals surface area contributed by atoms with Crippen molar-refractivity contribution in [2.75, 3.05) is 20.2 Å². The highest BCUT2D eigenvalue weighted by atomic mass is 16.5. The number of esters is 1. The smallest absolute Gasteiger partial charge is 0.314 e. The largest absolute Gasteiger partial charge is 0.469 e. The minimum Gasteiger partial charge on any atom is -0.469 e. The summed E-state index contributed by atoms with van der Waals surface area (Å²) in [6.45, 7) is 1.57. The molecule has 1 saturated carbocycles. The quantitative estimate of drug-likeness (QED) is 0.617. The van der Waals surface area contributed by atoms with Gasteiger partial charge >= 0.3 is 5.97 Å². The van der Waals surface area contributed by atoms with Gasteiger partial charge in [-0.05, 0) is 38.8 Å². The molecule has 2 N–H and O–H groups in total. The van der Waals surface area contributed by atoms with Crippen molar-refractivity contribution in [3.63, 3.8) is 0 Å². The first-order valence-electron chi connectivity index (χ1n) is 5.16. The van der Waals surface area contributed by atoms with Gasteiger partial charge in [0.2, 0.25) is 0 Å². The fraction of sp³-hybridized carbons (Fsp3) is 0.900. The molecule has 1 aliphatic heterocycles. The van der Waals surface area contributed by atoms with Crippen molar-refractivity contribution in [3.8, 4) is 0 Å². The van der Waals surface area contributed by atoms with E-state index in [4.69, 9.17) is 4.74 Å². The molecule has 0 bridgehead atoms. The summed E-state index contributed by atoms with van der Waals surface area (Å²) >= 11 is 0. The Balaban J connectivity index is 2.15. The van der Waals surface area contributed by atoms with Gasteiger partial charge in [-0.1, -0.05) is 0 Å². The Hall–Kier alpha value is -0.610. The number of carbonyl (C=O) groups excluding carboxylic acids is 1. The Bertz CT molecular complexity index is 242. The number of ether oxygens (including phenoxy) is 1. The van der Waals surface area contributed by atoms with Gasteiger partial charge in [-0.3, -0.25) is 4.79 Å². The van der Waals surface area contributed by atoms with Gasteiger partial charge in [-0.15, -0.1) is 0 Å². The highest BCUT2D eigenvalue weighted by Crippen LogP contribution is 2.57. The van der Waals surface area contributed by atoms with Crippen LogP contribution in [0.2, 0.25) is 0 Å². The van der Waals surface area contributed by atoms with E-state index < -0.39 is 11.0 Å². The molecule has 0 spiro atoms. The van der Waals surface area contributed by atoms with E-state index >= 15 is 0 Å². The molecule has 0 aromatic rings. The molecule has 80 valence electrons. The van der Waals surface area contributed by atoms with E-state index in [2.05, 4.69) is 5.32 Å². The third-order valence-electron chi connectivity index (χ3n) is 3.65. The lowest BCUT2D eigenvalue weighted by Gasteiger charge is -2.38. The summed E-state index contributed by atoms with van der Waals surface area (Å²) in [6.07, 6.45) is 2.86. The van der Waals surface area contributed by atoms with E-state index in [1.54, 1.807) is 0 Å². The van der Waals surface area contributed by atoms with Crippen molar-refractivity contribution >= 4 is 5.97 Å². The van der Waals surface area contributed by atoms with Gasteiger partial charge in [0, 0.05) is 0 Å². The van der Waals surface area contributed by atoms with Crippen molar-refractivity contribution < 1.29 is 14.6 Å². The molecule has 0 aromatic heterocycles. The molecule has 2 aliphatic rings. The van der Waals surface area contributed by atoms with Crippen molar-refractivity contribution in [3.05, 3.63) is 0 Å². The van der Waals surface area contributed by atoms with Crippen LogP contribution >= 0.6 is 0 Å². The summed E-state index contributed by atoms with van der Waals surface area (Å²) in [7, 11) is 1.40. The zero-order valence-corrected chi connectivity index (χ0v) is 8.51. The minimum absolute atomic E-state index is 0.234. The van der Waals surface area contributed by atoms with Crippen LogP contribution in [0.4, 0.5) is 0 Å². The topological polar surface area (TPSA) is 58.6 Å². The molecule has 2 fully saturated rings. The number of aliphatic hydroxyl groups is 1. The molecule has 1 saturated heterocycles. The lowest BCUT2D eigenvalue weighted by atomic mass is 9.77. The van der Waals surface area contributed by atoms with Crippen LogP contribution < -0.4 is 5.32 Å². The monoisotopic (exact) mass is 199 g/mol.